The van der Waals surface area contributed by atoms with E-state index in [2.05, 4.69) is 15.5 Å². The maximum Gasteiger partial charge on any atom is 0.389 e. The third-order valence-electron chi connectivity index (χ3n) is 2.90. The van der Waals surface area contributed by atoms with Gasteiger partial charge in [0.15, 0.2) is 5.82 Å². The number of nitrogens with zero attached hydrogens (tertiary/aromatic N) is 4. The van der Waals surface area contributed by atoms with Crippen LogP contribution >= 0.6 is 0 Å². The number of halogens is 3. The molecular formula is C12H14F3N5. The molecule has 1 aromatic heterocycles. The van der Waals surface area contributed by atoms with Gasteiger partial charge >= 0.3 is 6.18 Å². The minimum absolute atomic E-state index is 0.0666. The molecule has 0 aliphatic rings. The van der Waals surface area contributed by atoms with Crippen LogP contribution in [-0.4, -0.2) is 26.4 Å². The highest BCUT2D eigenvalue weighted by Gasteiger charge is 2.26. The molecule has 0 aliphatic heterocycles. The number of benzene rings is 1. The van der Waals surface area contributed by atoms with Gasteiger partial charge in [0.05, 0.1) is 0 Å². The summed E-state index contributed by atoms with van der Waals surface area (Å²) in [5.74, 6) is 0.416. The molecule has 0 amide bonds. The standard InChI is InChI=1S/C12H14F3N5/c1-8-3-4-9(7-10(8)16)11-17-18-19-20(11)6-2-5-12(13,14)15/h3-4,7H,2,5-6,16H2,1H3. The number of aromatic nitrogens is 4. The number of hydrogen-bond acceptors (Lipinski definition) is 4. The molecule has 0 spiro atoms. The quantitative estimate of drug-likeness (QED) is 0.876. The van der Waals surface area contributed by atoms with E-state index >= 15 is 0 Å². The van der Waals surface area contributed by atoms with E-state index in [9.17, 15) is 13.2 Å². The lowest BCUT2D eigenvalue weighted by molar-refractivity contribution is -0.136. The maximum atomic E-state index is 12.1. The zero-order valence-electron chi connectivity index (χ0n) is 10.9. The molecule has 0 aliphatic carbocycles. The Bertz CT molecular complexity index is 591. The minimum Gasteiger partial charge on any atom is -0.398 e. The number of anilines is 1. The van der Waals surface area contributed by atoms with Crippen molar-refractivity contribution in [3.05, 3.63) is 23.8 Å². The van der Waals surface area contributed by atoms with Gasteiger partial charge in [0.25, 0.3) is 0 Å². The second-order valence-electron chi connectivity index (χ2n) is 4.52. The van der Waals surface area contributed by atoms with Gasteiger partial charge in [-0.2, -0.15) is 13.2 Å². The van der Waals surface area contributed by atoms with E-state index in [1.54, 1.807) is 12.1 Å². The van der Waals surface area contributed by atoms with Gasteiger partial charge in [-0.25, -0.2) is 4.68 Å². The molecule has 0 bridgehead atoms. The second-order valence-corrected chi connectivity index (χ2v) is 4.52. The highest BCUT2D eigenvalue weighted by molar-refractivity contribution is 5.63. The van der Waals surface area contributed by atoms with Crippen LogP contribution in [0.3, 0.4) is 0 Å². The molecule has 2 N–H and O–H groups in total. The van der Waals surface area contributed by atoms with Gasteiger partial charge in [-0.3, -0.25) is 0 Å². The van der Waals surface area contributed by atoms with Crippen LogP contribution in [0.1, 0.15) is 18.4 Å². The summed E-state index contributed by atoms with van der Waals surface area (Å²) in [6, 6.07) is 5.32. The van der Waals surface area contributed by atoms with E-state index in [-0.39, 0.29) is 13.0 Å². The monoisotopic (exact) mass is 285 g/mol. The average molecular weight is 285 g/mol. The molecule has 0 unspecified atom stereocenters. The molecule has 0 saturated heterocycles. The molecule has 2 aromatic rings. The number of nitrogen functional groups attached to an aromatic ring is 1. The van der Waals surface area contributed by atoms with E-state index in [1.807, 2.05) is 13.0 Å². The first-order chi connectivity index (χ1) is 9.37. The Hall–Kier alpha value is -2.12. The molecule has 1 heterocycles. The van der Waals surface area contributed by atoms with Gasteiger partial charge in [-0.1, -0.05) is 12.1 Å². The fraction of sp³-hybridized carbons (Fsp3) is 0.417. The van der Waals surface area contributed by atoms with Crippen LogP contribution in [0.2, 0.25) is 0 Å². The van der Waals surface area contributed by atoms with Crippen LogP contribution in [0, 0.1) is 6.92 Å². The third-order valence-corrected chi connectivity index (χ3v) is 2.90. The Kier molecular flexibility index (Phi) is 3.91. The van der Waals surface area contributed by atoms with Gasteiger partial charge < -0.3 is 5.73 Å². The van der Waals surface area contributed by atoms with Gasteiger partial charge in [0.1, 0.15) is 0 Å². The van der Waals surface area contributed by atoms with Crippen LogP contribution in [0.4, 0.5) is 18.9 Å². The minimum atomic E-state index is -4.16. The average Bonchev–Trinajstić information content (AvgIpc) is 2.79. The van der Waals surface area contributed by atoms with Crippen molar-refractivity contribution >= 4 is 5.69 Å². The number of alkyl halides is 3. The SMILES string of the molecule is Cc1ccc(-c2nnnn2CCCC(F)(F)F)cc1N. The van der Waals surface area contributed by atoms with Gasteiger partial charge in [0, 0.05) is 24.2 Å². The molecule has 20 heavy (non-hydrogen) atoms. The fourth-order valence-electron chi connectivity index (χ4n) is 1.77. The van der Waals surface area contributed by atoms with Crippen molar-refractivity contribution in [1.82, 2.24) is 20.2 Å². The van der Waals surface area contributed by atoms with Crippen molar-refractivity contribution in [2.45, 2.75) is 32.5 Å². The van der Waals surface area contributed by atoms with Crippen molar-refractivity contribution in [2.75, 3.05) is 5.73 Å². The second kappa shape index (κ2) is 5.48. The normalized spacial score (nSPS) is 11.8. The molecule has 108 valence electrons. The van der Waals surface area contributed by atoms with E-state index in [0.29, 0.717) is 17.1 Å². The molecule has 1 aromatic carbocycles. The van der Waals surface area contributed by atoms with Crippen molar-refractivity contribution in [1.29, 1.82) is 0 Å². The molecule has 0 saturated carbocycles. The van der Waals surface area contributed by atoms with Crippen LogP contribution in [-0.2, 0) is 6.54 Å². The van der Waals surface area contributed by atoms with Gasteiger partial charge in [-0.05, 0) is 35.4 Å². The van der Waals surface area contributed by atoms with Crippen LogP contribution < -0.4 is 5.73 Å². The number of nitrogens with two attached hydrogens (primary N) is 1. The predicted octanol–water partition coefficient (Wildman–Crippen LogP) is 2.57. The summed E-state index contributed by atoms with van der Waals surface area (Å²) in [4.78, 5) is 0. The highest BCUT2D eigenvalue weighted by atomic mass is 19.4. The lowest BCUT2D eigenvalue weighted by Gasteiger charge is -2.08. The Morgan fingerprint density at radius 3 is 2.70 bits per heavy atom. The number of hydrogen-bond donors (Lipinski definition) is 1. The zero-order valence-corrected chi connectivity index (χ0v) is 10.9. The van der Waals surface area contributed by atoms with E-state index in [0.717, 1.165) is 5.56 Å². The zero-order chi connectivity index (χ0) is 14.8. The number of rotatable bonds is 4. The number of aryl methyl sites for hydroxylation is 2. The summed E-state index contributed by atoms with van der Waals surface area (Å²) in [5.41, 5.74) is 8.00. The Morgan fingerprint density at radius 2 is 2.05 bits per heavy atom. The predicted molar refractivity (Wildman–Crippen MR) is 67.7 cm³/mol. The van der Waals surface area contributed by atoms with E-state index in [4.69, 9.17) is 5.73 Å². The van der Waals surface area contributed by atoms with Crippen LogP contribution in [0.15, 0.2) is 18.2 Å². The first-order valence-electron chi connectivity index (χ1n) is 6.06. The van der Waals surface area contributed by atoms with Crippen molar-refractivity contribution < 1.29 is 13.2 Å². The Balaban J connectivity index is 2.14. The molecule has 0 atom stereocenters. The molecule has 5 nitrogen and oxygen atoms in total. The summed E-state index contributed by atoms with van der Waals surface area (Å²) in [6.07, 6.45) is -5.09. The summed E-state index contributed by atoms with van der Waals surface area (Å²) in [6.45, 7) is 1.97. The van der Waals surface area contributed by atoms with Gasteiger partial charge in [0.2, 0.25) is 0 Å². The summed E-state index contributed by atoms with van der Waals surface area (Å²) >= 11 is 0. The van der Waals surface area contributed by atoms with E-state index in [1.165, 1.54) is 4.68 Å². The summed E-state index contributed by atoms with van der Waals surface area (Å²) in [5, 5.41) is 11.1. The summed E-state index contributed by atoms with van der Waals surface area (Å²) < 4.78 is 37.7. The Labute approximate surface area is 113 Å². The lowest BCUT2D eigenvalue weighted by Crippen LogP contribution is -2.10. The molecule has 2 rings (SSSR count). The first kappa shape index (κ1) is 14.3. The highest BCUT2D eigenvalue weighted by Crippen LogP contribution is 2.24. The largest absolute Gasteiger partial charge is 0.398 e. The molecular weight excluding hydrogens is 271 g/mol. The van der Waals surface area contributed by atoms with Crippen LogP contribution in [0.5, 0.6) is 0 Å². The smallest absolute Gasteiger partial charge is 0.389 e. The van der Waals surface area contributed by atoms with Crippen molar-refractivity contribution in [3.63, 3.8) is 0 Å². The summed E-state index contributed by atoms with van der Waals surface area (Å²) in [7, 11) is 0. The van der Waals surface area contributed by atoms with Gasteiger partial charge in [-0.15, -0.1) is 5.10 Å². The Morgan fingerprint density at radius 1 is 1.30 bits per heavy atom. The lowest BCUT2D eigenvalue weighted by atomic mass is 10.1. The fourth-order valence-corrected chi connectivity index (χ4v) is 1.77. The van der Waals surface area contributed by atoms with E-state index < -0.39 is 12.6 Å². The maximum absolute atomic E-state index is 12.1. The van der Waals surface area contributed by atoms with Crippen molar-refractivity contribution in [3.8, 4) is 11.4 Å². The third kappa shape index (κ3) is 3.46. The molecule has 0 fully saturated rings. The first-order valence-corrected chi connectivity index (χ1v) is 6.06. The van der Waals surface area contributed by atoms with Crippen LogP contribution in [0.25, 0.3) is 11.4 Å². The topological polar surface area (TPSA) is 69.6 Å². The number of tetrazole rings is 1. The van der Waals surface area contributed by atoms with Crippen molar-refractivity contribution in [2.24, 2.45) is 0 Å². The molecule has 0 radical (unpaired) electrons. The molecule has 8 heteroatoms.